The van der Waals surface area contributed by atoms with Gasteiger partial charge in [-0.3, -0.25) is 0 Å². The van der Waals surface area contributed by atoms with Gasteiger partial charge in [-0.1, -0.05) is 15.9 Å². The Balaban J connectivity index is 1.91. The van der Waals surface area contributed by atoms with E-state index in [4.69, 9.17) is 4.74 Å². The van der Waals surface area contributed by atoms with Crippen molar-refractivity contribution in [3.8, 4) is 11.6 Å². The predicted octanol–water partition coefficient (Wildman–Crippen LogP) is 3.28. The van der Waals surface area contributed by atoms with E-state index in [1.807, 2.05) is 36.5 Å². The molecule has 3 rings (SSSR count). The fourth-order valence-corrected chi connectivity index (χ4v) is 1.74. The van der Waals surface area contributed by atoms with Crippen LogP contribution in [0.1, 0.15) is 0 Å². The minimum Gasteiger partial charge on any atom is -0.439 e. The first kappa shape index (κ1) is 10.3. The van der Waals surface area contributed by atoms with Gasteiger partial charge in [0.25, 0.3) is 0 Å². The molecule has 17 heavy (non-hydrogen) atoms. The van der Waals surface area contributed by atoms with Gasteiger partial charge in [-0.25, -0.2) is 4.52 Å². The standard InChI is InChI=1S/C12H8BrN3O/c13-9-1-3-10(4-2-9)17-12-6-8-16-11(15-12)5-7-14-16/h1-8H. The summed E-state index contributed by atoms with van der Waals surface area (Å²) in [6, 6.07) is 11.2. The van der Waals surface area contributed by atoms with Crippen LogP contribution in [0.4, 0.5) is 0 Å². The van der Waals surface area contributed by atoms with Crippen molar-refractivity contribution in [3.05, 3.63) is 53.3 Å². The van der Waals surface area contributed by atoms with Gasteiger partial charge in [-0.2, -0.15) is 10.1 Å². The monoisotopic (exact) mass is 289 g/mol. The Morgan fingerprint density at radius 3 is 2.71 bits per heavy atom. The highest BCUT2D eigenvalue weighted by molar-refractivity contribution is 9.10. The zero-order chi connectivity index (χ0) is 11.7. The molecule has 2 heterocycles. The van der Waals surface area contributed by atoms with Crippen LogP contribution in [0.25, 0.3) is 5.65 Å². The normalized spacial score (nSPS) is 10.6. The van der Waals surface area contributed by atoms with Crippen LogP contribution in [-0.4, -0.2) is 14.6 Å². The minimum atomic E-state index is 0.556. The van der Waals surface area contributed by atoms with Gasteiger partial charge in [-0.15, -0.1) is 0 Å². The Morgan fingerprint density at radius 2 is 1.88 bits per heavy atom. The van der Waals surface area contributed by atoms with Crippen LogP contribution >= 0.6 is 15.9 Å². The lowest BCUT2D eigenvalue weighted by Crippen LogP contribution is -1.92. The number of aromatic nitrogens is 3. The molecule has 5 heteroatoms. The van der Waals surface area contributed by atoms with Crippen molar-refractivity contribution in [1.29, 1.82) is 0 Å². The van der Waals surface area contributed by atoms with Crippen molar-refractivity contribution in [3.63, 3.8) is 0 Å². The third kappa shape index (κ3) is 2.14. The Kier molecular flexibility index (Phi) is 2.53. The zero-order valence-corrected chi connectivity index (χ0v) is 10.3. The molecule has 0 fully saturated rings. The van der Waals surface area contributed by atoms with Gasteiger partial charge in [0, 0.05) is 22.8 Å². The van der Waals surface area contributed by atoms with E-state index in [0.717, 1.165) is 15.9 Å². The molecule has 0 N–H and O–H groups in total. The molecular weight excluding hydrogens is 282 g/mol. The first-order valence-corrected chi connectivity index (χ1v) is 5.84. The van der Waals surface area contributed by atoms with Crippen LogP contribution in [0, 0.1) is 0 Å². The summed E-state index contributed by atoms with van der Waals surface area (Å²) in [5, 5.41) is 4.07. The lowest BCUT2D eigenvalue weighted by molar-refractivity contribution is 0.463. The van der Waals surface area contributed by atoms with Crippen molar-refractivity contribution in [2.24, 2.45) is 0 Å². The number of benzene rings is 1. The maximum absolute atomic E-state index is 5.64. The molecule has 0 unspecified atom stereocenters. The van der Waals surface area contributed by atoms with E-state index in [0.29, 0.717) is 5.88 Å². The smallest absolute Gasteiger partial charge is 0.222 e. The minimum absolute atomic E-state index is 0.556. The van der Waals surface area contributed by atoms with Crippen molar-refractivity contribution in [2.75, 3.05) is 0 Å². The highest BCUT2D eigenvalue weighted by atomic mass is 79.9. The number of ether oxygens (including phenoxy) is 1. The van der Waals surface area contributed by atoms with Gasteiger partial charge in [0.2, 0.25) is 5.88 Å². The van der Waals surface area contributed by atoms with E-state index in [1.54, 1.807) is 16.8 Å². The fraction of sp³-hybridized carbons (Fsp3) is 0. The Bertz CT molecular complexity index is 648. The molecule has 0 aliphatic heterocycles. The van der Waals surface area contributed by atoms with Crippen LogP contribution in [0.5, 0.6) is 11.6 Å². The van der Waals surface area contributed by atoms with Crippen LogP contribution in [0.2, 0.25) is 0 Å². The zero-order valence-electron chi connectivity index (χ0n) is 8.75. The summed E-state index contributed by atoms with van der Waals surface area (Å²) >= 11 is 3.38. The first-order chi connectivity index (χ1) is 8.31. The highest BCUT2D eigenvalue weighted by Crippen LogP contribution is 2.21. The maximum atomic E-state index is 5.64. The third-order valence-corrected chi connectivity index (χ3v) is 2.80. The molecular formula is C12H8BrN3O. The average molecular weight is 290 g/mol. The molecule has 0 spiro atoms. The molecule has 3 aromatic rings. The van der Waals surface area contributed by atoms with E-state index in [2.05, 4.69) is 26.0 Å². The highest BCUT2D eigenvalue weighted by Gasteiger charge is 2.01. The van der Waals surface area contributed by atoms with Crippen LogP contribution < -0.4 is 4.74 Å². The molecule has 1 aromatic carbocycles. The quantitative estimate of drug-likeness (QED) is 0.727. The molecule has 0 amide bonds. The number of hydrogen-bond donors (Lipinski definition) is 0. The van der Waals surface area contributed by atoms with Crippen LogP contribution in [0.3, 0.4) is 0 Å². The van der Waals surface area contributed by atoms with Crippen molar-refractivity contribution < 1.29 is 4.74 Å². The summed E-state index contributed by atoms with van der Waals surface area (Å²) in [4.78, 5) is 4.32. The molecule has 0 aliphatic carbocycles. The molecule has 2 aromatic heterocycles. The number of nitrogens with zero attached hydrogens (tertiary/aromatic N) is 3. The molecule has 0 bridgehead atoms. The molecule has 0 radical (unpaired) electrons. The fourth-order valence-electron chi connectivity index (χ4n) is 1.48. The number of rotatable bonds is 2. The SMILES string of the molecule is Brc1ccc(Oc2ccn3nccc3n2)cc1. The first-order valence-electron chi connectivity index (χ1n) is 5.05. The average Bonchev–Trinajstić information content (AvgIpc) is 2.79. The second-order valence-electron chi connectivity index (χ2n) is 3.46. The van der Waals surface area contributed by atoms with Crippen molar-refractivity contribution in [2.45, 2.75) is 0 Å². The topological polar surface area (TPSA) is 39.4 Å². The lowest BCUT2D eigenvalue weighted by Gasteiger charge is -2.04. The Morgan fingerprint density at radius 1 is 1.06 bits per heavy atom. The van der Waals surface area contributed by atoms with E-state index >= 15 is 0 Å². The van der Waals surface area contributed by atoms with Gasteiger partial charge in [-0.05, 0) is 24.3 Å². The largest absolute Gasteiger partial charge is 0.439 e. The molecule has 0 saturated carbocycles. The van der Waals surface area contributed by atoms with Gasteiger partial charge in [0.15, 0.2) is 5.65 Å². The molecule has 0 atom stereocenters. The summed E-state index contributed by atoms with van der Waals surface area (Å²) in [6.07, 6.45) is 3.52. The summed E-state index contributed by atoms with van der Waals surface area (Å²) in [7, 11) is 0. The van der Waals surface area contributed by atoms with E-state index in [9.17, 15) is 0 Å². The van der Waals surface area contributed by atoms with Gasteiger partial charge >= 0.3 is 0 Å². The third-order valence-electron chi connectivity index (χ3n) is 2.27. The second kappa shape index (κ2) is 4.18. The number of halogens is 1. The van der Waals surface area contributed by atoms with Crippen molar-refractivity contribution in [1.82, 2.24) is 14.6 Å². The van der Waals surface area contributed by atoms with Gasteiger partial charge in [0.1, 0.15) is 5.75 Å². The number of hydrogen-bond acceptors (Lipinski definition) is 3. The summed E-state index contributed by atoms with van der Waals surface area (Å²) in [5.41, 5.74) is 0.764. The van der Waals surface area contributed by atoms with E-state index in [1.165, 1.54) is 0 Å². The van der Waals surface area contributed by atoms with Gasteiger partial charge < -0.3 is 4.74 Å². The lowest BCUT2D eigenvalue weighted by atomic mass is 10.3. The van der Waals surface area contributed by atoms with Crippen LogP contribution in [-0.2, 0) is 0 Å². The Labute approximate surface area is 106 Å². The molecule has 4 nitrogen and oxygen atoms in total. The maximum Gasteiger partial charge on any atom is 0.222 e. The van der Waals surface area contributed by atoms with Gasteiger partial charge in [0.05, 0.1) is 6.20 Å². The second-order valence-corrected chi connectivity index (χ2v) is 4.37. The molecule has 84 valence electrons. The number of fused-ring (bicyclic) bond motifs is 1. The van der Waals surface area contributed by atoms with E-state index < -0.39 is 0 Å². The molecule has 0 aliphatic rings. The summed E-state index contributed by atoms with van der Waals surface area (Å²) in [6.45, 7) is 0. The van der Waals surface area contributed by atoms with E-state index in [-0.39, 0.29) is 0 Å². The summed E-state index contributed by atoms with van der Waals surface area (Å²) < 4.78 is 8.34. The predicted molar refractivity (Wildman–Crippen MR) is 67.2 cm³/mol. The van der Waals surface area contributed by atoms with Crippen molar-refractivity contribution >= 4 is 21.6 Å². The van der Waals surface area contributed by atoms with Crippen LogP contribution in [0.15, 0.2) is 53.3 Å². The molecule has 0 saturated heterocycles. The Hall–Kier alpha value is -1.88. The summed E-state index contributed by atoms with van der Waals surface area (Å²) in [5.74, 6) is 1.31.